The predicted molar refractivity (Wildman–Crippen MR) is 112 cm³/mol. The summed E-state index contributed by atoms with van der Waals surface area (Å²) in [6, 6.07) is 4.40. The Morgan fingerprint density at radius 2 is 1.84 bits per heavy atom. The van der Waals surface area contributed by atoms with Gasteiger partial charge in [-0.3, -0.25) is 14.8 Å². The van der Waals surface area contributed by atoms with Crippen LogP contribution in [0.3, 0.4) is 0 Å². The molecule has 3 heterocycles. The Hall–Kier alpha value is -3.67. The molecule has 32 heavy (non-hydrogen) atoms. The molecule has 8 nitrogen and oxygen atoms in total. The van der Waals surface area contributed by atoms with Crippen LogP contribution in [0.25, 0.3) is 11.0 Å². The molecular formula is C20H17F3N6O2S. The number of anilines is 2. The lowest BCUT2D eigenvalue weighted by molar-refractivity contribution is 0.583. The van der Waals surface area contributed by atoms with Crippen LogP contribution in [0.15, 0.2) is 41.6 Å². The van der Waals surface area contributed by atoms with Gasteiger partial charge in [0.05, 0.1) is 17.6 Å². The van der Waals surface area contributed by atoms with E-state index in [4.69, 9.17) is 0 Å². The molecule has 4 rings (SSSR count). The second-order valence-electron chi connectivity index (χ2n) is 7.04. The van der Waals surface area contributed by atoms with E-state index in [9.17, 15) is 21.6 Å². The number of benzene rings is 1. The lowest BCUT2D eigenvalue weighted by Gasteiger charge is -2.14. The van der Waals surface area contributed by atoms with Crippen LogP contribution in [0, 0.1) is 31.3 Å². The van der Waals surface area contributed by atoms with Crippen LogP contribution in [0.2, 0.25) is 0 Å². The highest BCUT2D eigenvalue weighted by Gasteiger charge is 2.22. The Bertz CT molecular complexity index is 1440. The van der Waals surface area contributed by atoms with Gasteiger partial charge in [0.15, 0.2) is 11.5 Å². The second kappa shape index (κ2) is 8.11. The number of fused-ring (bicyclic) bond motifs is 1. The van der Waals surface area contributed by atoms with Crippen molar-refractivity contribution in [3.8, 4) is 0 Å². The van der Waals surface area contributed by atoms with E-state index < -0.39 is 43.7 Å². The summed E-state index contributed by atoms with van der Waals surface area (Å²) in [6.45, 7) is 3.21. The molecule has 4 aromatic rings. The lowest BCUT2D eigenvalue weighted by Crippen LogP contribution is -2.17. The van der Waals surface area contributed by atoms with E-state index in [2.05, 4.69) is 25.5 Å². The van der Waals surface area contributed by atoms with Crippen molar-refractivity contribution < 1.29 is 21.6 Å². The number of rotatable bonds is 6. The van der Waals surface area contributed by atoms with Crippen LogP contribution in [0.4, 0.5) is 24.5 Å². The first-order chi connectivity index (χ1) is 15.2. The third-order valence-corrected chi connectivity index (χ3v) is 6.24. The van der Waals surface area contributed by atoms with Gasteiger partial charge in [0.1, 0.15) is 22.2 Å². The fourth-order valence-electron chi connectivity index (χ4n) is 3.10. The lowest BCUT2D eigenvalue weighted by atomic mass is 10.2. The van der Waals surface area contributed by atoms with Gasteiger partial charge < -0.3 is 5.32 Å². The molecule has 0 spiro atoms. The van der Waals surface area contributed by atoms with Gasteiger partial charge in [-0.25, -0.2) is 26.6 Å². The number of nitrogens with one attached hydrogen (secondary N) is 3. The van der Waals surface area contributed by atoms with E-state index >= 15 is 0 Å². The van der Waals surface area contributed by atoms with Gasteiger partial charge in [0.2, 0.25) is 0 Å². The molecule has 166 valence electrons. The topological polar surface area (TPSA) is 113 Å². The second-order valence-corrected chi connectivity index (χ2v) is 8.69. The number of nitrogens with zero attached hydrogens (tertiary/aromatic N) is 3. The van der Waals surface area contributed by atoms with Crippen molar-refractivity contribution in [1.29, 1.82) is 0 Å². The minimum absolute atomic E-state index is 0.0184. The molecule has 0 amide bonds. The molecule has 0 saturated heterocycles. The van der Waals surface area contributed by atoms with Crippen molar-refractivity contribution in [3.05, 3.63) is 71.1 Å². The van der Waals surface area contributed by atoms with Crippen LogP contribution < -0.4 is 10.0 Å². The number of sulfonamides is 1. The maximum Gasteiger partial charge on any atom is 0.263 e. The number of pyridine rings is 2. The Morgan fingerprint density at radius 3 is 2.62 bits per heavy atom. The zero-order chi connectivity index (χ0) is 23.0. The van der Waals surface area contributed by atoms with E-state index in [0.29, 0.717) is 11.2 Å². The van der Waals surface area contributed by atoms with Gasteiger partial charge in [-0.2, -0.15) is 5.10 Å². The van der Waals surface area contributed by atoms with Crippen LogP contribution in [0.5, 0.6) is 0 Å². The molecule has 0 unspecified atom stereocenters. The predicted octanol–water partition coefficient (Wildman–Crippen LogP) is 3.80. The summed E-state index contributed by atoms with van der Waals surface area (Å²) in [7, 11) is -4.37. The number of hydrogen-bond acceptors (Lipinski definition) is 6. The molecule has 12 heteroatoms. The molecule has 0 saturated carbocycles. The van der Waals surface area contributed by atoms with Crippen LogP contribution in [-0.2, 0) is 16.6 Å². The minimum Gasteiger partial charge on any atom is -0.376 e. The summed E-state index contributed by atoms with van der Waals surface area (Å²) >= 11 is 0. The number of aromatic nitrogens is 4. The average Bonchev–Trinajstić information content (AvgIpc) is 3.12. The van der Waals surface area contributed by atoms with Gasteiger partial charge in [0.25, 0.3) is 10.0 Å². The number of H-pyrrole nitrogens is 1. The largest absolute Gasteiger partial charge is 0.376 e. The first-order valence-corrected chi connectivity index (χ1v) is 10.8. The van der Waals surface area contributed by atoms with Crippen molar-refractivity contribution in [1.82, 2.24) is 20.2 Å². The molecule has 3 N–H and O–H groups in total. The number of halogens is 3. The molecule has 0 aliphatic heterocycles. The summed E-state index contributed by atoms with van der Waals surface area (Å²) in [5.74, 6) is -2.93. The Balaban J connectivity index is 1.60. The molecule has 1 aromatic carbocycles. The van der Waals surface area contributed by atoms with E-state index in [1.165, 1.54) is 13.1 Å². The average molecular weight is 462 g/mol. The van der Waals surface area contributed by atoms with Crippen LogP contribution in [0.1, 0.15) is 17.0 Å². The summed E-state index contributed by atoms with van der Waals surface area (Å²) in [6.07, 6.45) is 2.38. The summed E-state index contributed by atoms with van der Waals surface area (Å²) in [5, 5.41) is 10.2. The molecule has 0 aliphatic carbocycles. The van der Waals surface area contributed by atoms with E-state index in [0.717, 1.165) is 35.5 Å². The highest BCUT2D eigenvalue weighted by Crippen LogP contribution is 2.29. The summed E-state index contributed by atoms with van der Waals surface area (Å²) in [5.41, 5.74) is 0.943. The fourth-order valence-corrected chi connectivity index (χ4v) is 4.37. The first kappa shape index (κ1) is 21.6. The minimum atomic E-state index is -4.37. The van der Waals surface area contributed by atoms with E-state index in [-0.39, 0.29) is 12.2 Å². The normalized spacial score (nSPS) is 11.7. The van der Waals surface area contributed by atoms with Gasteiger partial charge in [-0.1, -0.05) is 0 Å². The van der Waals surface area contributed by atoms with Crippen molar-refractivity contribution in [2.24, 2.45) is 0 Å². The Kier molecular flexibility index (Phi) is 5.46. The Morgan fingerprint density at radius 1 is 1.06 bits per heavy atom. The maximum atomic E-state index is 15.0. The smallest absolute Gasteiger partial charge is 0.263 e. The molecule has 0 aliphatic rings. The maximum absolute atomic E-state index is 15.0. The fraction of sp³-hybridized carbons (Fsp3) is 0.150. The zero-order valence-corrected chi connectivity index (χ0v) is 17.7. The van der Waals surface area contributed by atoms with Crippen molar-refractivity contribution in [3.63, 3.8) is 0 Å². The summed E-state index contributed by atoms with van der Waals surface area (Å²) < 4.78 is 70.0. The molecule has 0 bridgehead atoms. The van der Waals surface area contributed by atoms with Crippen LogP contribution >= 0.6 is 0 Å². The van der Waals surface area contributed by atoms with Gasteiger partial charge in [-0.05, 0) is 43.7 Å². The number of aryl methyl sites for hydroxylation is 2. The quantitative estimate of drug-likeness (QED) is 0.402. The number of hydrogen-bond donors (Lipinski definition) is 3. The third-order valence-electron chi connectivity index (χ3n) is 4.76. The molecule has 0 atom stereocenters. The molecular weight excluding hydrogens is 445 g/mol. The monoisotopic (exact) mass is 462 g/mol. The van der Waals surface area contributed by atoms with E-state index in [1.54, 1.807) is 6.07 Å². The Labute approximate surface area is 181 Å². The first-order valence-electron chi connectivity index (χ1n) is 9.32. The highest BCUT2D eigenvalue weighted by molar-refractivity contribution is 7.92. The van der Waals surface area contributed by atoms with Crippen molar-refractivity contribution in [2.75, 3.05) is 10.0 Å². The highest BCUT2D eigenvalue weighted by atomic mass is 32.2. The van der Waals surface area contributed by atoms with E-state index in [1.807, 2.05) is 11.6 Å². The van der Waals surface area contributed by atoms with Crippen LogP contribution in [-0.4, -0.2) is 28.6 Å². The SMILES string of the molecule is Cc1ncc(F)cc1S(=O)(=O)Nc1ccc(F)c(NCc2cnc3n[nH]c(C)c3c2)c1F. The third kappa shape index (κ3) is 4.08. The molecule has 3 aromatic heterocycles. The standard InChI is InChI=1S/C20H17F3N6O2S/c1-10-14-5-12(8-26-20(14)28-27-10)7-25-19-15(22)3-4-16(18(19)23)29-32(30,31)17-6-13(21)9-24-11(17)2/h3-6,8-9,25,29H,7H2,1-2H3,(H,26,27,28). The number of aromatic amines is 1. The van der Waals surface area contributed by atoms with Crippen molar-refractivity contribution >= 4 is 32.4 Å². The van der Waals surface area contributed by atoms with Gasteiger partial charge >= 0.3 is 0 Å². The molecule has 0 radical (unpaired) electrons. The van der Waals surface area contributed by atoms with Crippen molar-refractivity contribution in [2.45, 2.75) is 25.3 Å². The molecule has 0 fully saturated rings. The van der Waals surface area contributed by atoms with Gasteiger partial charge in [-0.15, -0.1) is 0 Å². The summed E-state index contributed by atoms with van der Waals surface area (Å²) in [4.78, 5) is 7.38. The van der Waals surface area contributed by atoms with Gasteiger partial charge in [0, 0.05) is 23.8 Å². The zero-order valence-electron chi connectivity index (χ0n) is 16.9.